The molecule has 16 nitrogen and oxygen atoms in total. The van der Waals surface area contributed by atoms with Crippen LogP contribution in [0.4, 0.5) is 4.79 Å². The molecule has 318 valence electrons. The van der Waals surface area contributed by atoms with Gasteiger partial charge in [-0.1, -0.05) is 83.2 Å². The van der Waals surface area contributed by atoms with Gasteiger partial charge in [0.2, 0.25) is 17.7 Å². The minimum absolute atomic E-state index is 0.0265. The van der Waals surface area contributed by atoms with Gasteiger partial charge in [-0.25, -0.2) is 9.59 Å². The number of nitrogens with zero attached hydrogens (tertiary/aromatic N) is 1. The van der Waals surface area contributed by atoms with Gasteiger partial charge >= 0.3 is 18.0 Å². The number of carbonyl (C=O) groups is 6. The number of benzene rings is 1. The molecule has 4 amide bonds. The van der Waals surface area contributed by atoms with E-state index in [0.717, 1.165) is 32.1 Å². The third-order valence-corrected chi connectivity index (χ3v) is 10.3. The number of hydrogen-bond donors (Lipinski definition) is 5. The second-order valence-corrected chi connectivity index (χ2v) is 16.5. The van der Waals surface area contributed by atoms with E-state index in [2.05, 4.69) is 26.2 Å². The zero-order valence-corrected chi connectivity index (χ0v) is 33.8. The van der Waals surface area contributed by atoms with Crippen molar-refractivity contribution >= 4 is 35.8 Å². The number of aliphatic hydroxyl groups excluding tert-OH is 1. The van der Waals surface area contributed by atoms with Gasteiger partial charge in [0.25, 0.3) is 0 Å². The Balaban J connectivity index is 1.48. The molecule has 2 saturated heterocycles. The van der Waals surface area contributed by atoms with Gasteiger partial charge in [-0.05, 0) is 36.2 Å². The van der Waals surface area contributed by atoms with Crippen molar-refractivity contribution < 1.29 is 52.8 Å². The standard InChI is InChI=1S/C41H63N5O11/c1-41(2,3)25-34(47)42-17-20-55-40(53)45-32(24-29-13-8-5-9-14-29)37(50)44-33-27-56-35(48)16-10-15-30(26-46-18-21-54-22-19-46)57-39(52)36(49)31(43-38(33)51)23-28-11-6-4-7-12-28/h5,8-9,13-14,28,30-33,36,49H,4,6-7,10-12,15-27H2,1-3H3,(H,42,47)(H,43,51)(H,44,50)(H,45,53)/t30-,31+,32+,33+,36-/m1/s1. The molecule has 4 rings (SSSR count). The predicted octanol–water partition coefficient (Wildman–Crippen LogP) is 2.15. The molecule has 0 bridgehead atoms. The number of amides is 4. The highest BCUT2D eigenvalue weighted by Crippen LogP contribution is 2.28. The molecule has 0 aromatic heterocycles. The number of esters is 2. The SMILES string of the molecule is CC(C)(C)CC(=O)NCCOC(=O)N[C@@H](Cc1ccccc1)C(=O)N[C@H]1COC(=O)CCC[C@H](CN2CCOCC2)OC(=O)[C@H](O)[C@H](CC2CCCCC2)NC1=O. The Hall–Kier alpha value is -4.28. The molecular formula is C41H63N5O11. The minimum atomic E-state index is -1.69. The Bertz CT molecular complexity index is 1460. The zero-order chi connectivity index (χ0) is 41.2. The summed E-state index contributed by atoms with van der Waals surface area (Å²) in [6, 6.07) is 5.19. The number of aliphatic hydroxyl groups is 1. The summed E-state index contributed by atoms with van der Waals surface area (Å²) in [6.45, 7) is 8.03. The van der Waals surface area contributed by atoms with Crippen LogP contribution in [0.15, 0.2) is 30.3 Å². The van der Waals surface area contributed by atoms with E-state index in [9.17, 15) is 33.9 Å². The molecule has 2 aliphatic heterocycles. The van der Waals surface area contributed by atoms with Crippen LogP contribution in [0.1, 0.15) is 90.5 Å². The summed E-state index contributed by atoms with van der Waals surface area (Å²) in [4.78, 5) is 81.7. The maximum Gasteiger partial charge on any atom is 0.407 e. The average molecular weight is 802 g/mol. The summed E-state index contributed by atoms with van der Waals surface area (Å²) in [5.74, 6) is -3.06. The normalized spacial score (nSPS) is 24.1. The Morgan fingerprint density at radius 3 is 2.42 bits per heavy atom. The van der Waals surface area contributed by atoms with Crippen molar-refractivity contribution in [3.8, 4) is 0 Å². The topological polar surface area (TPSA) is 211 Å². The highest BCUT2D eigenvalue weighted by Gasteiger charge is 2.37. The van der Waals surface area contributed by atoms with E-state index in [1.165, 1.54) is 0 Å². The van der Waals surface area contributed by atoms with Crippen molar-refractivity contribution in [1.82, 2.24) is 26.2 Å². The van der Waals surface area contributed by atoms with Crippen LogP contribution in [0.25, 0.3) is 0 Å². The number of hydrogen-bond acceptors (Lipinski definition) is 12. The van der Waals surface area contributed by atoms with Crippen molar-refractivity contribution in [3.63, 3.8) is 0 Å². The largest absolute Gasteiger partial charge is 0.463 e. The summed E-state index contributed by atoms with van der Waals surface area (Å²) in [6.07, 6.45) is 2.85. The fraction of sp³-hybridized carbons (Fsp3) is 0.707. The molecule has 1 aromatic carbocycles. The van der Waals surface area contributed by atoms with Gasteiger partial charge in [-0.3, -0.25) is 24.1 Å². The molecule has 0 radical (unpaired) electrons. The van der Waals surface area contributed by atoms with E-state index in [4.69, 9.17) is 18.9 Å². The van der Waals surface area contributed by atoms with Gasteiger partial charge in [-0.15, -0.1) is 0 Å². The van der Waals surface area contributed by atoms with E-state index in [0.29, 0.717) is 64.1 Å². The van der Waals surface area contributed by atoms with Crippen molar-refractivity contribution in [2.45, 2.75) is 122 Å². The molecule has 0 spiro atoms. The Morgan fingerprint density at radius 2 is 1.72 bits per heavy atom. The first kappa shape index (κ1) is 45.4. The quantitative estimate of drug-likeness (QED) is 0.110. The number of rotatable bonds is 13. The molecule has 3 fully saturated rings. The van der Waals surface area contributed by atoms with Crippen molar-refractivity contribution in [3.05, 3.63) is 35.9 Å². The molecule has 0 unspecified atom stereocenters. The summed E-state index contributed by atoms with van der Waals surface area (Å²) in [5.41, 5.74) is 0.492. The minimum Gasteiger partial charge on any atom is -0.463 e. The maximum absolute atomic E-state index is 14.0. The van der Waals surface area contributed by atoms with Crippen LogP contribution in [0, 0.1) is 11.3 Å². The molecule has 57 heavy (non-hydrogen) atoms. The highest BCUT2D eigenvalue weighted by atomic mass is 16.6. The highest BCUT2D eigenvalue weighted by molar-refractivity contribution is 5.92. The zero-order valence-electron chi connectivity index (χ0n) is 33.8. The first-order valence-corrected chi connectivity index (χ1v) is 20.4. The fourth-order valence-corrected chi connectivity index (χ4v) is 7.29. The van der Waals surface area contributed by atoms with Crippen LogP contribution in [-0.2, 0) is 49.3 Å². The van der Waals surface area contributed by atoms with Crippen LogP contribution in [0.2, 0.25) is 0 Å². The monoisotopic (exact) mass is 801 g/mol. The Labute approximate surface area is 335 Å². The lowest BCUT2D eigenvalue weighted by atomic mass is 9.83. The first-order valence-electron chi connectivity index (χ1n) is 20.4. The predicted molar refractivity (Wildman–Crippen MR) is 209 cm³/mol. The first-order chi connectivity index (χ1) is 27.3. The molecule has 1 aliphatic carbocycles. The number of nitrogens with one attached hydrogen (secondary N) is 4. The second-order valence-electron chi connectivity index (χ2n) is 16.5. The summed E-state index contributed by atoms with van der Waals surface area (Å²) in [5, 5.41) is 22.1. The van der Waals surface area contributed by atoms with Crippen LogP contribution < -0.4 is 21.3 Å². The summed E-state index contributed by atoms with van der Waals surface area (Å²) < 4.78 is 22.1. The third kappa shape index (κ3) is 17.0. The van der Waals surface area contributed by atoms with Crippen LogP contribution in [-0.4, -0.2) is 129 Å². The summed E-state index contributed by atoms with van der Waals surface area (Å²) >= 11 is 0. The third-order valence-electron chi connectivity index (χ3n) is 10.3. The van der Waals surface area contributed by atoms with Crippen LogP contribution in [0.5, 0.6) is 0 Å². The number of carbonyl (C=O) groups excluding carboxylic acids is 6. The molecule has 5 atom stereocenters. The lowest BCUT2D eigenvalue weighted by molar-refractivity contribution is -0.163. The molecule has 16 heteroatoms. The van der Waals surface area contributed by atoms with E-state index in [-0.39, 0.29) is 43.2 Å². The lowest BCUT2D eigenvalue weighted by Crippen LogP contribution is -2.59. The van der Waals surface area contributed by atoms with Crippen molar-refractivity contribution in [2.24, 2.45) is 11.3 Å². The fourth-order valence-electron chi connectivity index (χ4n) is 7.29. The number of cyclic esters (lactones) is 2. The van der Waals surface area contributed by atoms with E-state index in [1.807, 2.05) is 20.8 Å². The lowest BCUT2D eigenvalue weighted by Gasteiger charge is -2.33. The molecule has 2 heterocycles. The van der Waals surface area contributed by atoms with Crippen molar-refractivity contribution in [2.75, 3.05) is 52.6 Å². The average Bonchev–Trinajstić information content (AvgIpc) is 3.17. The summed E-state index contributed by atoms with van der Waals surface area (Å²) in [7, 11) is 0. The van der Waals surface area contributed by atoms with Gasteiger partial charge in [0.15, 0.2) is 6.10 Å². The maximum atomic E-state index is 14.0. The number of ether oxygens (including phenoxy) is 4. The van der Waals surface area contributed by atoms with Gasteiger partial charge in [-0.2, -0.15) is 0 Å². The molecular weight excluding hydrogens is 738 g/mol. The molecule has 1 aromatic rings. The second kappa shape index (κ2) is 23.2. The molecule has 5 N–H and O–H groups in total. The number of alkyl carbamates (subject to hydrolysis) is 1. The van der Waals surface area contributed by atoms with Crippen LogP contribution >= 0.6 is 0 Å². The Morgan fingerprint density at radius 1 is 1.00 bits per heavy atom. The van der Waals surface area contributed by atoms with Gasteiger partial charge < -0.3 is 45.3 Å². The van der Waals surface area contributed by atoms with Crippen molar-refractivity contribution in [1.29, 1.82) is 0 Å². The number of morpholine rings is 1. The van der Waals surface area contributed by atoms with E-state index < -0.39 is 66.8 Å². The van der Waals surface area contributed by atoms with E-state index in [1.54, 1.807) is 30.3 Å². The smallest absolute Gasteiger partial charge is 0.407 e. The van der Waals surface area contributed by atoms with E-state index >= 15 is 0 Å². The Kier molecular flexibility index (Phi) is 18.5. The molecule has 1 saturated carbocycles. The van der Waals surface area contributed by atoms with Gasteiger partial charge in [0.1, 0.15) is 31.4 Å². The van der Waals surface area contributed by atoms with Crippen LogP contribution in [0.3, 0.4) is 0 Å². The van der Waals surface area contributed by atoms with Gasteiger partial charge in [0.05, 0.1) is 25.8 Å². The molecule has 3 aliphatic rings. The van der Waals surface area contributed by atoms with Gasteiger partial charge in [0, 0.05) is 38.9 Å².